The molecule has 350 valence electrons. The molecule has 60 heavy (non-hydrogen) atoms. The Kier molecular flexibility index (Phi) is 41.4. The second-order valence-electron chi connectivity index (χ2n) is 18.1. The van der Waals surface area contributed by atoms with Gasteiger partial charge in [-0.1, -0.05) is 172 Å². The summed E-state index contributed by atoms with van der Waals surface area (Å²) in [7, 11) is 5.53. The molecule has 8 heteroatoms. The Balaban J connectivity index is 4.23. The first-order valence-corrected chi connectivity index (χ1v) is 25.0. The molecule has 8 nitrogen and oxygen atoms in total. The van der Waals surface area contributed by atoms with E-state index in [1.165, 1.54) is 128 Å². The molecule has 1 N–H and O–H groups in total. The van der Waals surface area contributed by atoms with Crippen molar-refractivity contribution in [3.63, 3.8) is 0 Å². The Labute approximate surface area is 370 Å². The summed E-state index contributed by atoms with van der Waals surface area (Å²) >= 11 is 0. The number of hydrogen-bond donors (Lipinski definition) is 1. The van der Waals surface area contributed by atoms with Crippen molar-refractivity contribution in [1.29, 1.82) is 0 Å². The van der Waals surface area contributed by atoms with E-state index in [-0.39, 0.29) is 36.2 Å². The standard InChI is InChI=1S/C52H95NO7/c1-6-8-10-12-14-16-18-20-21-22-23-24-25-26-27-28-29-31-32-34-36-38-40-42-50(54)59-47-48(46-58-45-44-49(52(56)57)53(3,4)5)60-51(55)43-41-39-37-35-33-30-19-17-15-13-11-9-7-2/h23-24,26-27,30,33,48-49H,6-22,25,28-29,31-32,34-47H2,1-5H3/p+1/b24-23+,27-26+,33-30+. The number of rotatable bonds is 45. The average Bonchev–Trinajstić information content (AvgIpc) is 3.21. The maximum atomic E-state index is 12.7. The number of carboxylic acids is 1. The molecule has 0 radical (unpaired) electrons. The molecule has 0 aromatic rings. The molecule has 2 atom stereocenters. The third-order valence-electron chi connectivity index (χ3n) is 11.3. The number of esters is 2. The lowest BCUT2D eigenvalue weighted by atomic mass is 10.1. The van der Waals surface area contributed by atoms with Crippen LogP contribution in [0.3, 0.4) is 0 Å². The van der Waals surface area contributed by atoms with E-state index < -0.39 is 18.1 Å². The highest BCUT2D eigenvalue weighted by Gasteiger charge is 2.31. The van der Waals surface area contributed by atoms with E-state index in [9.17, 15) is 19.5 Å². The summed E-state index contributed by atoms with van der Waals surface area (Å²) in [6, 6.07) is -0.618. The number of unbranched alkanes of at least 4 members (excludes halogenated alkanes) is 25. The van der Waals surface area contributed by atoms with Gasteiger partial charge in [0.15, 0.2) is 12.1 Å². The van der Waals surface area contributed by atoms with Crippen LogP contribution in [0.25, 0.3) is 0 Å². The fourth-order valence-electron chi connectivity index (χ4n) is 7.35. The van der Waals surface area contributed by atoms with Crippen molar-refractivity contribution in [2.75, 3.05) is 41.0 Å². The first kappa shape index (κ1) is 57.5. The zero-order valence-electron chi connectivity index (χ0n) is 39.9. The highest BCUT2D eigenvalue weighted by atomic mass is 16.6. The molecule has 0 rings (SSSR count). The first-order valence-electron chi connectivity index (χ1n) is 25.0. The number of quaternary nitrogens is 1. The molecule has 0 aromatic carbocycles. The fourth-order valence-corrected chi connectivity index (χ4v) is 7.35. The van der Waals surface area contributed by atoms with Crippen LogP contribution >= 0.6 is 0 Å². The number of nitrogens with zero attached hydrogens (tertiary/aromatic N) is 1. The van der Waals surface area contributed by atoms with E-state index in [0.29, 0.717) is 19.3 Å². The molecule has 2 unspecified atom stereocenters. The van der Waals surface area contributed by atoms with Crippen molar-refractivity contribution in [1.82, 2.24) is 0 Å². The van der Waals surface area contributed by atoms with Crippen LogP contribution in [-0.2, 0) is 28.6 Å². The van der Waals surface area contributed by atoms with Gasteiger partial charge in [0.05, 0.1) is 34.4 Å². The normalized spacial score (nSPS) is 13.2. The van der Waals surface area contributed by atoms with Crippen LogP contribution < -0.4 is 0 Å². The number of carbonyl (C=O) groups is 3. The summed E-state index contributed by atoms with van der Waals surface area (Å²) < 4.78 is 17.3. The summed E-state index contributed by atoms with van der Waals surface area (Å²) in [4.78, 5) is 37.1. The number of carboxylic acid groups (broad SMARTS) is 1. The van der Waals surface area contributed by atoms with Crippen LogP contribution in [0.5, 0.6) is 0 Å². The van der Waals surface area contributed by atoms with Crippen molar-refractivity contribution in [2.24, 2.45) is 0 Å². The summed E-state index contributed by atoms with van der Waals surface area (Å²) in [5.41, 5.74) is 0. The molecule has 0 aliphatic carbocycles. The van der Waals surface area contributed by atoms with E-state index >= 15 is 0 Å². The average molecular weight is 847 g/mol. The van der Waals surface area contributed by atoms with Crippen LogP contribution in [0, 0.1) is 0 Å². The Morgan fingerprint density at radius 1 is 0.500 bits per heavy atom. The second kappa shape index (κ2) is 43.2. The lowest BCUT2D eigenvalue weighted by molar-refractivity contribution is -0.887. The topological polar surface area (TPSA) is 99.1 Å². The largest absolute Gasteiger partial charge is 0.477 e. The Hall–Kier alpha value is -2.45. The zero-order valence-corrected chi connectivity index (χ0v) is 39.9. The summed E-state index contributed by atoms with van der Waals surface area (Å²) in [6.07, 6.45) is 50.5. The molecule has 0 spiro atoms. The van der Waals surface area contributed by atoms with E-state index in [2.05, 4.69) is 50.3 Å². The molecule has 0 aliphatic rings. The second-order valence-corrected chi connectivity index (χ2v) is 18.1. The number of allylic oxidation sites excluding steroid dienone is 6. The highest BCUT2D eigenvalue weighted by molar-refractivity contribution is 5.72. The minimum absolute atomic E-state index is 0.0538. The van der Waals surface area contributed by atoms with E-state index in [4.69, 9.17) is 14.2 Å². The predicted molar refractivity (Wildman–Crippen MR) is 252 cm³/mol. The van der Waals surface area contributed by atoms with Gasteiger partial charge in [0.25, 0.3) is 0 Å². The molecular formula is C52H96NO7+. The molecule has 0 aromatic heterocycles. The zero-order chi connectivity index (χ0) is 44.2. The molecule has 0 saturated carbocycles. The minimum Gasteiger partial charge on any atom is -0.477 e. The number of aliphatic carboxylic acids is 1. The van der Waals surface area contributed by atoms with E-state index in [1.807, 2.05) is 21.1 Å². The van der Waals surface area contributed by atoms with Gasteiger partial charge in [-0.15, -0.1) is 0 Å². The van der Waals surface area contributed by atoms with Crippen LogP contribution in [0.4, 0.5) is 0 Å². The van der Waals surface area contributed by atoms with Gasteiger partial charge in [0.2, 0.25) is 0 Å². The fraction of sp³-hybridized carbons (Fsp3) is 0.827. The summed E-state index contributed by atoms with van der Waals surface area (Å²) in [5, 5.41) is 9.63. The number of hydrogen-bond acceptors (Lipinski definition) is 6. The van der Waals surface area contributed by atoms with Crippen molar-refractivity contribution in [3.05, 3.63) is 36.5 Å². The van der Waals surface area contributed by atoms with Crippen LogP contribution in [0.15, 0.2) is 36.5 Å². The van der Waals surface area contributed by atoms with Crippen molar-refractivity contribution < 1.29 is 38.2 Å². The van der Waals surface area contributed by atoms with Gasteiger partial charge in [0, 0.05) is 19.3 Å². The van der Waals surface area contributed by atoms with E-state index in [0.717, 1.165) is 64.2 Å². The van der Waals surface area contributed by atoms with Crippen LogP contribution in [0.2, 0.25) is 0 Å². The Morgan fingerprint density at radius 3 is 1.32 bits per heavy atom. The lowest BCUT2D eigenvalue weighted by Gasteiger charge is -2.31. The molecule has 0 fully saturated rings. The van der Waals surface area contributed by atoms with Crippen molar-refractivity contribution in [3.8, 4) is 0 Å². The maximum Gasteiger partial charge on any atom is 0.362 e. The van der Waals surface area contributed by atoms with Gasteiger partial charge in [-0.2, -0.15) is 0 Å². The van der Waals surface area contributed by atoms with Crippen molar-refractivity contribution in [2.45, 2.75) is 238 Å². The number of likely N-dealkylation sites (N-methyl/N-ethyl adjacent to an activating group) is 1. The van der Waals surface area contributed by atoms with Gasteiger partial charge in [-0.3, -0.25) is 9.59 Å². The van der Waals surface area contributed by atoms with Crippen molar-refractivity contribution >= 4 is 17.9 Å². The van der Waals surface area contributed by atoms with Gasteiger partial charge >= 0.3 is 17.9 Å². The van der Waals surface area contributed by atoms with Gasteiger partial charge in [-0.05, 0) is 70.6 Å². The maximum absolute atomic E-state index is 12.7. The van der Waals surface area contributed by atoms with Gasteiger partial charge in [-0.25, -0.2) is 4.79 Å². The Morgan fingerprint density at radius 2 is 0.883 bits per heavy atom. The monoisotopic (exact) mass is 847 g/mol. The quantitative estimate of drug-likeness (QED) is 0.0282. The third kappa shape index (κ3) is 40.9. The van der Waals surface area contributed by atoms with Gasteiger partial charge in [0.1, 0.15) is 6.61 Å². The van der Waals surface area contributed by atoms with Gasteiger partial charge < -0.3 is 23.8 Å². The predicted octanol–water partition coefficient (Wildman–Crippen LogP) is 14.2. The Bertz CT molecular complexity index is 1080. The molecular weight excluding hydrogens is 751 g/mol. The molecule has 0 saturated heterocycles. The SMILES string of the molecule is CCCCCCCC/C=C/CCCCCC(=O)OC(COCCC(C(=O)O)[N+](C)(C)C)COC(=O)CCCCCCCCC/C=C/C/C=C/CCCCCCCCCCC. The number of carbonyl (C=O) groups excluding carboxylic acids is 2. The van der Waals surface area contributed by atoms with E-state index in [1.54, 1.807) is 0 Å². The lowest BCUT2D eigenvalue weighted by Crippen LogP contribution is -2.50. The molecule has 0 amide bonds. The first-order chi connectivity index (χ1) is 29.1. The smallest absolute Gasteiger partial charge is 0.362 e. The highest BCUT2D eigenvalue weighted by Crippen LogP contribution is 2.14. The minimum atomic E-state index is -0.877. The summed E-state index contributed by atoms with van der Waals surface area (Å²) in [6.45, 7) is 4.72. The summed E-state index contributed by atoms with van der Waals surface area (Å²) in [5.74, 6) is -1.49. The molecule has 0 bridgehead atoms. The van der Waals surface area contributed by atoms with Crippen LogP contribution in [-0.4, -0.2) is 80.6 Å². The number of ether oxygens (including phenoxy) is 3. The molecule has 0 aliphatic heterocycles. The third-order valence-corrected chi connectivity index (χ3v) is 11.3. The molecule has 0 heterocycles. The van der Waals surface area contributed by atoms with Crippen LogP contribution in [0.1, 0.15) is 226 Å².